The number of carbonyl (C=O) groups is 1. The molecule has 0 aliphatic heterocycles. The zero-order valence-corrected chi connectivity index (χ0v) is 8.71. The van der Waals surface area contributed by atoms with Crippen molar-refractivity contribution in [1.82, 2.24) is 0 Å². The fourth-order valence-corrected chi connectivity index (χ4v) is 1.35. The Kier molecular flexibility index (Phi) is 3.61. The molecule has 1 aromatic rings. The summed E-state index contributed by atoms with van der Waals surface area (Å²) in [5.74, 6) is -1.03. The number of aliphatic hydroxyl groups excluding tert-OH is 2. The number of amides is 1. The first-order valence-electron chi connectivity index (χ1n) is 4.63. The first-order valence-corrected chi connectivity index (χ1v) is 4.63. The van der Waals surface area contributed by atoms with Gasteiger partial charge in [-0.1, -0.05) is 12.1 Å². The third-order valence-electron chi connectivity index (χ3n) is 2.24. The van der Waals surface area contributed by atoms with Crippen LogP contribution in [-0.2, 0) is 4.79 Å². The van der Waals surface area contributed by atoms with Crippen molar-refractivity contribution in [3.8, 4) is 6.07 Å². The predicted molar refractivity (Wildman–Crippen MR) is 56.1 cm³/mol. The van der Waals surface area contributed by atoms with E-state index >= 15 is 0 Å². The number of carbonyl (C=O) groups excluding carboxylic acids is 1. The molecule has 2 atom stereocenters. The molecule has 0 fully saturated rings. The van der Waals surface area contributed by atoms with Gasteiger partial charge in [0.05, 0.1) is 11.6 Å². The number of rotatable bonds is 3. The minimum Gasteiger partial charge on any atom is -0.385 e. The van der Waals surface area contributed by atoms with Crippen LogP contribution in [0.25, 0.3) is 0 Å². The standard InChI is InChI=1S/C11H12N2O3/c1-6-2-3-8(7(4-6)5-12)9(14)10(15)11(13)16/h2-4,9-10,14-15H,1H3,(H2,13,16). The van der Waals surface area contributed by atoms with E-state index in [9.17, 15) is 15.0 Å². The highest BCUT2D eigenvalue weighted by atomic mass is 16.3. The Hall–Kier alpha value is -1.90. The predicted octanol–water partition coefficient (Wildman–Crippen LogP) is -0.254. The van der Waals surface area contributed by atoms with Crippen LogP contribution in [0.1, 0.15) is 22.8 Å². The van der Waals surface area contributed by atoms with Gasteiger partial charge in [0.2, 0.25) is 5.91 Å². The van der Waals surface area contributed by atoms with Gasteiger partial charge in [0.1, 0.15) is 6.10 Å². The number of nitriles is 1. The number of benzene rings is 1. The second-order valence-electron chi connectivity index (χ2n) is 3.49. The Labute approximate surface area is 92.7 Å². The number of nitrogens with two attached hydrogens (primary N) is 1. The molecule has 84 valence electrons. The van der Waals surface area contributed by atoms with Crippen molar-refractivity contribution >= 4 is 5.91 Å². The van der Waals surface area contributed by atoms with Crippen LogP contribution < -0.4 is 5.73 Å². The van der Waals surface area contributed by atoms with Crippen molar-refractivity contribution in [3.05, 3.63) is 34.9 Å². The van der Waals surface area contributed by atoms with Gasteiger partial charge in [-0.15, -0.1) is 0 Å². The molecule has 5 heteroatoms. The van der Waals surface area contributed by atoms with Crippen LogP contribution in [0.3, 0.4) is 0 Å². The maximum Gasteiger partial charge on any atom is 0.249 e. The summed E-state index contributed by atoms with van der Waals surface area (Å²) in [6.45, 7) is 1.79. The van der Waals surface area contributed by atoms with Gasteiger partial charge in [-0.2, -0.15) is 5.26 Å². The SMILES string of the molecule is Cc1ccc(C(O)C(O)C(N)=O)c(C#N)c1. The molecule has 0 saturated heterocycles. The number of aryl methyl sites for hydroxylation is 1. The molecular weight excluding hydrogens is 208 g/mol. The van der Waals surface area contributed by atoms with Crippen molar-refractivity contribution in [2.75, 3.05) is 0 Å². The van der Waals surface area contributed by atoms with E-state index in [4.69, 9.17) is 11.0 Å². The van der Waals surface area contributed by atoms with Gasteiger partial charge in [-0.05, 0) is 18.6 Å². The smallest absolute Gasteiger partial charge is 0.249 e. The third-order valence-corrected chi connectivity index (χ3v) is 2.24. The van der Waals surface area contributed by atoms with Crippen LogP contribution in [-0.4, -0.2) is 22.2 Å². The largest absolute Gasteiger partial charge is 0.385 e. The third kappa shape index (κ3) is 2.37. The summed E-state index contributed by atoms with van der Waals surface area (Å²) in [5, 5.41) is 27.8. The second-order valence-corrected chi connectivity index (χ2v) is 3.49. The molecule has 1 amide bonds. The van der Waals surface area contributed by atoms with Crippen molar-refractivity contribution in [2.45, 2.75) is 19.1 Å². The number of nitrogens with zero attached hydrogens (tertiary/aromatic N) is 1. The molecular formula is C11H12N2O3. The van der Waals surface area contributed by atoms with Crippen LogP contribution in [0.5, 0.6) is 0 Å². The minimum absolute atomic E-state index is 0.194. The van der Waals surface area contributed by atoms with E-state index in [1.807, 2.05) is 6.07 Å². The maximum atomic E-state index is 10.7. The fourth-order valence-electron chi connectivity index (χ4n) is 1.35. The monoisotopic (exact) mass is 220 g/mol. The van der Waals surface area contributed by atoms with Gasteiger partial charge in [0, 0.05) is 5.56 Å². The average molecular weight is 220 g/mol. The first-order chi connectivity index (χ1) is 7.47. The van der Waals surface area contributed by atoms with Gasteiger partial charge in [0.25, 0.3) is 0 Å². The molecule has 0 aromatic heterocycles. The zero-order chi connectivity index (χ0) is 12.3. The summed E-state index contributed by atoms with van der Waals surface area (Å²) in [6.07, 6.45) is -3.19. The van der Waals surface area contributed by atoms with Crippen LogP contribution >= 0.6 is 0 Å². The molecule has 0 saturated carbocycles. The number of hydrogen-bond donors (Lipinski definition) is 3. The average Bonchev–Trinajstić information content (AvgIpc) is 2.26. The normalized spacial score (nSPS) is 13.9. The first kappa shape index (κ1) is 12.2. The number of aliphatic hydroxyl groups is 2. The second kappa shape index (κ2) is 4.75. The summed E-state index contributed by atoms with van der Waals surface area (Å²) < 4.78 is 0. The lowest BCUT2D eigenvalue weighted by Crippen LogP contribution is -2.34. The van der Waals surface area contributed by atoms with Crippen LogP contribution in [0.4, 0.5) is 0 Å². The molecule has 1 rings (SSSR count). The fraction of sp³-hybridized carbons (Fsp3) is 0.273. The van der Waals surface area contributed by atoms with E-state index < -0.39 is 18.1 Å². The summed E-state index contributed by atoms with van der Waals surface area (Å²) in [6, 6.07) is 6.61. The molecule has 0 aliphatic carbocycles. The van der Waals surface area contributed by atoms with Gasteiger partial charge < -0.3 is 15.9 Å². The molecule has 0 aliphatic rings. The molecule has 2 unspecified atom stereocenters. The maximum absolute atomic E-state index is 10.7. The van der Waals surface area contributed by atoms with E-state index in [0.29, 0.717) is 0 Å². The van der Waals surface area contributed by atoms with Crippen LogP contribution in [0.2, 0.25) is 0 Å². The van der Waals surface area contributed by atoms with Gasteiger partial charge in [0.15, 0.2) is 6.10 Å². The van der Waals surface area contributed by atoms with Crippen molar-refractivity contribution < 1.29 is 15.0 Å². The Morgan fingerprint density at radius 2 is 2.12 bits per heavy atom. The lowest BCUT2D eigenvalue weighted by Gasteiger charge is -2.16. The molecule has 4 N–H and O–H groups in total. The molecule has 0 heterocycles. The quantitative estimate of drug-likeness (QED) is 0.652. The highest BCUT2D eigenvalue weighted by Crippen LogP contribution is 2.21. The van der Waals surface area contributed by atoms with Gasteiger partial charge in [-0.3, -0.25) is 4.79 Å². The van der Waals surface area contributed by atoms with E-state index in [1.54, 1.807) is 19.1 Å². The zero-order valence-electron chi connectivity index (χ0n) is 8.71. The van der Waals surface area contributed by atoms with E-state index in [1.165, 1.54) is 6.07 Å². The van der Waals surface area contributed by atoms with Crippen molar-refractivity contribution in [3.63, 3.8) is 0 Å². The Balaban J connectivity index is 3.14. The minimum atomic E-state index is -1.71. The summed E-state index contributed by atoms with van der Waals surface area (Å²) in [5.41, 5.74) is 6.12. The van der Waals surface area contributed by atoms with E-state index in [2.05, 4.69) is 0 Å². The lowest BCUT2D eigenvalue weighted by molar-refractivity contribution is -0.131. The lowest BCUT2D eigenvalue weighted by atomic mass is 9.97. The molecule has 0 bridgehead atoms. The number of hydrogen-bond acceptors (Lipinski definition) is 4. The van der Waals surface area contributed by atoms with Gasteiger partial charge in [-0.25, -0.2) is 0 Å². The van der Waals surface area contributed by atoms with Gasteiger partial charge >= 0.3 is 0 Å². The van der Waals surface area contributed by atoms with Crippen molar-refractivity contribution in [2.24, 2.45) is 5.73 Å². The Bertz CT molecular complexity index is 451. The molecule has 0 radical (unpaired) electrons. The highest BCUT2D eigenvalue weighted by molar-refractivity contribution is 5.79. The van der Waals surface area contributed by atoms with E-state index in [-0.39, 0.29) is 11.1 Å². The summed E-state index contributed by atoms with van der Waals surface area (Å²) in [7, 11) is 0. The summed E-state index contributed by atoms with van der Waals surface area (Å²) >= 11 is 0. The number of primary amides is 1. The van der Waals surface area contributed by atoms with Crippen molar-refractivity contribution in [1.29, 1.82) is 5.26 Å². The Morgan fingerprint density at radius 1 is 1.50 bits per heavy atom. The molecule has 5 nitrogen and oxygen atoms in total. The van der Waals surface area contributed by atoms with Crippen LogP contribution in [0.15, 0.2) is 18.2 Å². The molecule has 0 spiro atoms. The topological polar surface area (TPSA) is 107 Å². The summed E-state index contributed by atoms with van der Waals surface area (Å²) in [4.78, 5) is 10.7. The van der Waals surface area contributed by atoms with Crippen LogP contribution in [0, 0.1) is 18.3 Å². The Morgan fingerprint density at radius 3 is 2.62 bits per heavy atom. The van der Waals surface area contributed by atoms with E-state index in [0.717, 1.165) is 5.56 Å². The molecule has 1 aromatic carbocycles. The highest BCUT2D eigenvalue weighted by Gasteiger charge is 2.25. The molecule has 16 heavy (non-hydrogen) atoms.